The normalized spacial score (nSPS) is 17.5. The molecular weight excluding hydrogens is 811 g/mol. The van der Waals surface area contributed by atoms with E-state index in [0.717, 1.165) is 0 Å². The van der Waals surface area contributed by atoms with Gasteiger partial charge >= 0.3 is 99.2 Å². The fraction of sp³-hybridized carbons (Fsp3) is 0.370. The maximum atomic E-state index is 3.26. The van der Waals surface area contributed by atoms with Crippen molar-refractivity contribution in [2.45, 2.75) is 108 Å². The van der Waals surface area contributed by atoms with Gasteiger partial charge < -0.3 is 24.8 Å². The Bertz CT molecular complexity index is 2230. The SMILES string of the molecule is CC(C)(C)C1=CC(C)(C)c2cc3[cH-]c4cc5c(cc4c3cc21)C(C(C)(C)C)=CC5(C)C.CC1[C-]=CC(C(C)(C)C)=C1.[Cl-].[Cl-].[Zr+2]=[C](c1ccccc1)c1ccccc1. The third-order valence-electron chi connectivity index (χ3n) is 11.5. The number of hydrogen-bond acceptors (Lipinski definition) is 0. The molecule has 5 aromatic carbocycles. The van der Waals surface area contributed by atoms with E-state index in [1.807, 2.05) is 0 Å². The molecule has 0 fully saturated rings. The van der Waals surface area contributed by atoms with Gasteiger partial charge in [-0.2, -0.15) is 11.6 Å². The zero-order valence-electron chi connectivity index (χ0n) is 36.8. The minimum atomic E-state index is 0. The molecule has 0 N–H and O–H groups in total. The first-order valence-corrected chi connectivity index (χ1v) is 21.4. The first-order chi connectivity index (χ1) is 25.5. The predicted molar refractivity (Wildman–Crippen MR) is 239 cm³/mol. The Hall–Kier alpha value is -2.96. The van der Waals surface area contributed by atoms with Gasteiger partial charge in [0.1, 0.15) is 0 Å². The molecule has 3 heteroatoms. The van der Waals surface area contributed by atoms with Crippen LogP contribution in [-0.4, -0.2) is 3.21 Å². The summed E-state index contributed by atoms with van der Waals surface area (Å²) in [5.41, 5.74) is 13.7. The van der Waals surface area contributed by atoms with Crippen LogP contribution in [0.4, 0.5) is 0 Å². The van der Waals surface area contributed by atoms with Crippen molar-refractivity contribution in [1.82, 2.24) is 0 Å². The number of halogens is 2. The van der Waals surface area contributed by atoms with Gasteiger partial charge in [0.2, 0.25) is 0 Å². The van der Waals surface area contributed by atoms with Crippen molar-refractivity contribution in [2.24, 2.45) is 22.2 Å². The monoisotopic (exact) mass is 870 g/mol. The summed E-state index contributed by atoms with van der Waals surface area (Å²) in [5.74, 6) is 0.522. The molecule has 3 aliphatic carbocycles. The van der Waals surface area contributed by atoms with Crippen molar-refractivity contribution in [3.8, 4) is 0 Å². The first kappa shape index (κ1) is 46.7. The van der Waals surface area contributed by atoms with Crippen LogP contribution >= 0.6 is 0 Å². The molecule has 0 bridgehead atoms. The molecule has 1 unspecified atom stereocenters. The fourth-order valence-corrected chi connectivity index (χ4v) is 9.14. The number of fused-ring (bicyclic) bond motifs is 5. The van der Waals surface area contributed by atoms with E-state index in [2.05, 4.69) is 218 Å². The van der Waals surface area contributed by atoms with Crippen molar-refractivity contribution < 1.29 is 49.0 Å². The summed E-state index contributed by atoms with van der Waals surface area (Å²) in [4.78, 5) is 0. The summed E-state index contributed by atoms with van der Waals surface area (Å²) in [5, 5.41) is 5.58. The summed E-state index contributed by atoms with van der Waals surface area (Å²) in [7, 11) is 0. The van der Waals surface area contributed by atoms with Gasteiger partial charge in [0, 0.05) is 10.8 Å². The number of rotatable bonds is 2. The maximum absolute atomic E-state index is 3.26. The molecule has 8 rings (SSSR count). The summed E-state index contributed by atoms with van der Waals surface area (Å²) < 4.78 is 1.42. The number of hydrogen-bond donors (Lipinski definition) is 0. The summed E-state index contributed by atoms with van der Waals surface area (Å²) in [6.45, 7) is 32.3. The van der Waals surface area contributed by atoms with E-state index in [4.69, 9.17) is 0 Å². The van der Waals surface area contributed by atoms with E-state index in [9.17, 15) is 0 Å². The van der Waals surface area contributed by atoms with Gasteiger partial charge in [0.15, 0.2) is 0 Å². The van der Waals surface area contributed by atoms with Crippen LogP contribution in [0.2, 0.25) is 0 Å². The molecule has 0 heterocycles. The molecule has 1 atom stereocenters. The molecule has 0 aromatic heterocycles. The van der Waals surface area contributed by atoms with Gasteiger partial charge in [0.25, 0.3) is 0 Å². The van der Waals surface area contributed by atoms with Crippen LogP contribution in [0.5, 0.6) is 0 Å². The average molecular weight is 873 g/mol. The molecule has 0 nitrogen and oxygen atoms in total. The molecular formula is C54H62Cl2Zr-2. The van der Waals surface area contributed by atoms with Crippen LogP contribution < -0.4 is 24.8 Å². The molecule has 0 amide bonds. The van der Waals surface area contributed by atoms with Gasteiger partial charge in [-0.15, -0.1) is 39.7 Å². The Morgan fingerprint density at radius 1 is 0.596 bits per heavy atom. The van der Waals surface area contributed by atoms with Crippen molar-refractivity contribution in [3.63, 3.8) is 0 Å². The van der Waals surface area contributed by atoms with Crippen molar-refractivity contribution >= 4 is 35.9 Å². The van der Waals surface area contributed by atoms with Gasteiger partial charge in [-0.1, -0.05) is 144 Å². The first-order valence-electron chi connectivity index (χ1n) is 20.2. The second kappa shape index (κ2) is 17.0. The number of benzene rings is 4. The standard InChI is InChI=1S/C31H37.C13H10.C10H15.2ClH.Zr/c1-28(2,3)26-16-30(7,8)24-12-18-11-19-13-25-23(15-21(19)20(18)14-22(24)26)27(29(4,5)6)17-31(25,9)10;1-3-7-12(8-4-1)11-13-9-5-2-6-10-13;1-8-5-6-9(7-8)10(2,3)4;;;/h11-17H,1-10H3;1-10H;6-8H,1-4H3;2*1H;/q-1;;-1;;;+2/p-2. The van der Waals surface area contributed by atoms with E-state index in [1.54, 1.807) is 0 Å². The summed E-state index contributed by atoms with van der Waals surface area (Å²) >= 11 is 1.46. The Labute approximate surface area is 372 Å². The third kappa shape index (κ3) is 9.92. The van der Waals surface area contributed by atoms with E-state index in [1.165, 1.54) is 99.1 Å². The molecule has 298 valence electrons. The zero-order valence-corrected chi connectivity index (χ0v) is 40.8. The molecule has 0 radical (unpaired) electrons. The van der Waals surface area contributed by atoms with Crippen molar-refractivity contribution in [2.75, 3.05) is 0 Å². The van der Waals surface area contributed by atoms with Gasteiger partial charge in [-0.05, 0) is 33.1 Å². The Kier molecular flexibility index (Phi) is 13.9. The van der Waals surface area contributed by atoms with E-state index >= 15 is 0 Å². The minimum absolute atomic E-state index is 0. The van der Waals surface area contributed by atoms with Crippen molar-refractivity contribution in [1.29, 1.82) is 0 Å². The Balaban J connectivity index is 0.000000229. The Morgan fingerprint density at radius 2 is 0.982 bits per heavy atom. The van der Waals surface area contributed by atoms with Crippen LogP contribution in [-0.2, 0) is 35.1 Å². The van der Waals surface area contributed by atoms with Crippen molar-refractivity contribution in [3.05, 3.63) is 160 Å². The molecule has 57 heavy (non-hydrogen) atoms. The van der Waals surface area contributed by atoms with E-state index in [-0.39, 0.29) is 46.5 Å². The second-order valence-electron chi connectivity index (χ2n) is 20.3. The second-order valence-corrected chi connectivity index (χ2v) is 21.5. The molecule has 5 aromatic rings. The van der Waals surface area contributed by atoms with Gasteiger partial charge in [-0.25, -0.2) is 6.08 Å². The predicted octanol–water partition coefficient (Wildman–Crippen LogP) is 8.93. The number of allylic oxidation sites excluding steroid dienone is 8. The average Bonchev–Trinajstić information content (AvgIpc) is 3.84. The molecule has 0 aliphatic heterocycles. The van der Waals surface area contributed by atoms with E-state index < -0.39 is 0 Å². The third-order valence-corrected chi connectivity index (χ3v) is 12.9. The quantitative estimate of drug-likeness (QED) is 0.156. The fourth-order valence-electron chi connectivity index (χ4n) is 8.32. The van der Waals surface area contributed by atoms with Crippen LogP contribution in [0.15, 0.2) is 121 Å². The van der Waals surface area contributed by atoms with Crippen LogP contribution in [0.3, 0.4) is 0 Å². The van der Waals surface area contributed by atoms with Gasteiger partial charge in [-0.3, -0.25) is 6.08 Å². The van der Waals surface area contributed by atoms with Gasteiger partial charge in [0.05, 0.1) is 0 Å². The Morgan fingerprint density at radius 3 is 1.28 bits per heavy atom. The molecule has 3 aliphatic rings. The van der Waals surface area contributed by atoms with Crippen LogP contribution in [0, 0.1) is 28.2 Å². The van der Waals surface area contributed by atoms with Crippen LogP contribution in [0.25, 0.3) is 32.7 Å². The summed E-state index contributed by atoms with van der Waals surface area (Å²) in [6, 6.07) is 33.4. The molecule has 0 saturated carbocycles. The topological polar surface area (TPSA) is 0 Å². The summed E-state index contributed by atoms with van der Waals surface area (Å²) in [6.07, 6.45) is 12.7. The molecule has 0 saturated heterocycles. The van der Waals surface area contributed by atoms with Crippen LogP contribution in [0.1, 0.15) is 130 Å². The van der Waals surface area contributed by atoms with E-state index in [0.29, 0.717) is 11.3 Å². The zero-order chi connectivity index (χ0) is 40.3. The molecule has 0 spiro atoms.